The molecule has 4 aliphatic rings. The van der Waals surface area contributed by atoms with Gasteiger partial charge in [0.05, 0.1) is 6.10 Å². The Hall–Kier alpha value is -0.870. The van der Waals surface area contributed by atoms with Gasteiger partial charge >= 0.3 is 0 Å². The number of carbonyl (C=O) groups excluding carboxylic acids is 1. The summed E-state index contributed by atoms with van der Waals surface area (Å²) in [4.78, 5) is 14.1. The van der Waals surface area contributed by atoms with E-state index in [1.165, 1.54) is 12.0 Å². The fourth-order valence-electron chi connectivity index (χ4n) is 6.85. The van der Waals surface area contributed by atoms with Gasteiger partial charge in [-0.2, -0.15) is 0 Å². The van der Waals surface area contributed by atoms with Crippen molar-refractivity contribution < 1.29 is 9.90 Å². The standard InChI is InChI=1S/C20H32N2O2/c1-19-8-9-22(3)17(24)10-12(19)4-5-13-14-6-7-16(21)20(14,2)11-15(23)18(13)19/h10,13-16,18,23H,4-9,11,21H2,1-3H3/t13?,14?,15-,16+,18?,19-,20-/m0/s1. The molecule has 3 unspecified atom stereocenters. The third-order valence-corrected chi connectivity index (χ3v) is 8.38. The summed E-state index contributed by atoms with van der Waals surface area (Å²) in [6.07, 6.45) is 7.79. The van der Waals surface area contributed by atoms with Crippen LogP contribution in [-0.4, -0.2) is 41.7 Å². The molecular weight excluding hydrogens is 300 g/mol. The number of fused-ring (bicyclic) bond motifs is 5. The fraction of sp³-hybridized carbons (Fsp3) is 0.850. The number of allylic oxidation sites excluding steroid dienone is 1. The lowest BCUT2D eigenvalue weighted by Crippen LogP contribution is -2.57. The molecule has 0 bridgehead atoms. The monoisotopic (exact) mass is 332 g/mol. The van der Waals surface area contributed by atoms with Crippen molar-refractivity contribution in [2.24, 2.45) is 34.3 Å². The minimum absolute atomic E-state index is 0.0449. The highest BCUT2D eigenvalue weighted by Crippen LogP contribution is 2.64. The number of hydrogen-bond acceptors (Lipinski definition) is 3. The first-order valence-electron chi connectivity index (χ1n) is 9.67. The molecule has 3 aliphatic carbocycles. The molecule has 7 atom stereocenters. The Morgan fingerprint density at radius 2 is 2.04 bits per heavy atom. The lowest BCUT2D eigenvalue weighted by Gasteiger charge is -2.58. The van der Waals surface area contributed by atoms with Gasteiger partial charge < -0.3 is 15.7 Å². The molecule has 1 amide bonds. The van der Waals surface area contributed by atoms with Gasteiger partial charge in [-0.05, 0) is 67.1 Å². The van der Waals surface area contributed by atoms with Crippen LogP contribution >= 0.6 is 0 Å². The van der Waals surface area contributed by atoms with E-state index in [1.54, 1.807) is 0 Å². The first-order valence-corrected chi connectivity index (χ1v) is 9.67. The highest BCUT2D eigenvalue weighted by Gasteiger charge is 2.61. The van der Waals surface area contributed by atoms with Crippen molar-refractivity contribution in [3.8, 4) is 0 Å². The molecule has 0 aromatic carbocycles. The molecule has 0 aromatic rings. The number of aliphatic hydroxyl groups is 1. The Balaban J connectivity index is 1.73. The summed E-state index contributed by atoms with van der Waals surface area (Å²) in [5.41, 5.74) is 7.79. The highest BCUT2D eigenvalue weighted by atomic mass is 16.3. The fourth-order valence-corrected chi connectivity index (χ4v) is 6.85. The summed E-state index contributed by atoms with van der Waals surface area (Å²) < 4.78 is 0. The maximum atomic E-state index is 12.3. The molecule has 4 heteroatoms. The van der Waals surface area contributed by atoms with Crippen molar-refractivity contribution in [1.29, 1.82) is 0 Å². The smallest absolute Gasteiger partial charge is 0.246 e. The third kappa shape index (κ3) is 2.08. The minimum atomic E-state index is -0.299. The van der Waals surface area contributed by atoms with E-state index in [-0.39, 0.29) is 34.8 Å². The largest absolute Gasteiger partial charge is 0.393 e. The summed E-state index contributed by atoms with van der Waals surface area (Å²) in [5.74, 6) is 1.59. The first-order chi connectivity index (χ1) is 11.3. The van der Waals surface area contributed by atoms with Crippen molar-refractivity contribution in [2.45, 2.75) is 64.5 Å². The number of likely N-dealkylation sites (N-methyl/N-ethyl adjacent to an activating group) is 1. The number of carbonyl (C=O) groups is 1. The van der Waals surface area contributed by atoms with E-state index < -0.39 is 0 Å². The van der Waals surface area contributed by atoms with Crippen molar-refractivity contribution in [1.82, 2.24) is 4.90 Å². The van der Waals surface area contributed by atoms with Gasteiger partial charge in [-0.1, -0.05) is 19.4 Å². The average Bonchev–Trinajstić information content (AvgIpc) is 2.76. The number of nitrogens with zero attached hydrogens (tertiary/aromatic N) is 1. The Kier molecular flexibility index (Phi) is 3.67. The van der Waals surface area contributed by atoms with Gasteiger partial charge in [-0.3, -0.25) is 4.79 Å². The van der Waals surface area contributed by atoms with Crippen LogP contribution < -0.4 is 5.73 Å². The first kappa shape index (κ1) is 16.6. The van der Waals surface area contributed by atoms with Crippen molar-refractivity contribution in [3.63, 3.8) is 0 Å². The van der Waals surface area contributed by atoms with Gasteiger partial charge in [-0.15, -0.1) is 0 Å². The Morgan fingerprint density at radius 3 is 2.79 bits per heavy atom. The van der Waals surface area contributed by atoms with Gasteiger partial charge in [0.15, 0.2) is 0 Å². The molecule has 3 N–H and O–H groups in total. The van der Waals surface area contributed by atoms with Gasteiger partial charge in [-0.25, -0.2) is 0 Å². The van der Waals surface area contributed by atoms with Gasteiger partial charge in [0.25, 0.3) is 0 Å². The van der Waals surface area contributed by atoms with E-state index in [9.17, 15) is 9.90 Å². The van der Waals surface area contributed by atoms with E-state index in [2.05, 4.69) is 13.8 Å². The molecule has 3 fully saturated rings. The topological polar surface area (TPSA) is 66.6 Å². The molecular formula is C20H32N2O2. The molecule has 134 valence electrons. The molecule has 4 nitrogen and oxygen atoms in total. The molecule has 1 heterocycles. The number of rotatable bonds is 0. The summed E-state index contributed by atoms with van der Waals surface area (Å²) >= 11 is 0. The predicted molar refractivity (Wildman–Crippen MR) is 94.1 cm³/mol. The zero-order valence-corrected chi connectivity index (χ0v) is 15.3. The molecule has 0 saturated heterocycles. The summed E-state index contributed by atoms with van der Waals surface area (Å²) in [6.45, 7) is 5.41. The van der Waals surface area contributed by atoms with Crippen LogP contribution in [0.2, 0.25) is 0 Å². The van der Waals surface area contributed by atoms with Crippen LogP contribution in [0.15, 0.2) is 11.6 Å². The molecule has 0 radical (unpaired) electrons. The zero-order valence-electron chi connectivity index (χ0n) is 15.3. The third-order valence-electron chi connectivity index (χ3n) is 8.38. The highest BCUT2D eigenvalue weighted by molar-refractivity contribution is 5.88. The van der Waals surface area contributed by atoms with Crippen molar-refractivity contribution in [2.75, 3.05) is 13.6 Å². The second-order valence-corrected chi connectivity index (χ2v) is 9.39. The molecule has 1 aliphatic heterocycles. The van der Waals surface area contributed by atoms with Gasteiger partial charge in [0.2, 0.25) is 5.91 Å². The molecule has 0 aromatic heterocycles. The second kappa shape index (κ2) is 5.31. The minimum Gasteiger partial charge on any atom is -0.393 e. The lowest BCUT2D eigenvalue weighted by molar-refractivity contribution is -0.125. The summed E-state index contributed by atoms with van der Waals surface area (Å²) in [7, 11) is 1.89. The van der Waals surface area contributed by atoms with Crippen LogP contribution in [0.3, 0.4) is 0 Å². The Morgan fingerprint density at radius 1 is 1.29 bits per heavy atom. The van der Waals surface area contributed by atoms with Gasteiger partial charge in [0, 0.05) is 25.7 Å². The number of amides is 1. The number of nitrogens with two attached hydrogens (primary N) is 1. The summed E-state index contributed by atoms with van der Waals surface area (Å²) in [5, 5.41) is 11.2. The van der Waals surface area contributed by atoms with Crippen LogP contribution in [0.5, 0.6) is 0 Å². The average molecular weight is 332 g/mol. The molecule has 24 heavy (non-hydrogen) atoms. The zero-order chi connectivity index (χ0) is 17.3. The normalized spacial score (nSPS) is 51.4. The predicted octanol–water partition coefficient (Wildman–Crippen LogP) is 2.32. The molecule has 4 rings (SSSR count). The number of hydrogen-bond donors (Lipinski definition) is 2. The van der Waals surface area contributed by atoms with Crippen molar-refractivity contribution >= 4 is 5.91 Å². The maximum absolute atomic E-state index is 12.3. The van der Waals surface area contributed by atoms with Gasteiger partial charge in [0.1, 0.15) is 0 Å². The SMILES string of the molecule is CN1CC[C@@]2(C)C(=CC1=O)CCC1C2[C@@H](O)C[C@@]2(C)C1CC[C@H]2N. The van der Waals surface area contributed by atoms with Crippen LogP contribution in [0.4, 0.5) is 0 Å². The van der Waals surface area contributed by atoms with E-state index in [0.717, 1.165) is 38.6 Å². The lowest BCUT2D eigenvalue weighted by atomic mass is 9.47. The van der Waals surface area contributed by atoms with E-state index in [4.69, 9.17) is 5.73 Å². The van der Waals surface area contributed by atoms with Crippen LogP contribution in [0.1, 0.15) is 52.4 Å². The quantitative estimate of drug-likeness (QED) is 0.715. The van der Waals surface area contributed by atoms with Crippen LogP contribution in [0.25, 0.3) is 0 Å². The van der Waals surface area contributed by atoms with E-state index in [1.807, 2.05) is 18.0 Å². The molecule has 0 spiro atoms. The van der Waals surface area contributed by atoms with Crippen molar-refractivity contribution in [3.05, 3.63) is 11.6 Å². The molecule has 3 saturated carbocycles. The maximum Gasteiger partial charge on any atom is 0.246 e. The Bertz CT molecular complexity index is 588. The van der Waals surface area contributed by atoms with Crippen LogP contribution in [0, 0.1) is 28.6 Å². The van der Waals surface area contributed by atoms with Crippen LogP contribution in [-0.2, 0) is 4.79 Å². The van der Waals surface area contributed by atoms with E-state index >= 15 is 0 Å². The summed E-state index contributed by atoms with van der Waals surface area (Å²) in [6, 6.07) is 0.227. The van der Waals surface area contributed by atoms with E-state index in [0.29, 0.717) is 11.8 Å². The second-order valence-electron chi connectivity index (χ2n) is 9.39. The Labute approximate surface area is 145 Å². The number of aliphatic hydroxyl groups excluding tert-OH is 1.